The highest BCUT2D eigenvalue weighted by Crippen LogP contribution is 2.46. The minimum absolute atomic E-state index is 0.264. The Bertz CT molecular complexity index is 1220. The Morgan fingerprint density at radius 1 is 0.875 bits per heavy atom. The predicted molar refractivity (Wildman–Crippen MR) is 124 cm³/mol. The van der Waals surface area contributed by atoms with E-state index in [4.69, 9.17) is 4.74 Å². The SMILES string of the molecule is CCOC(=O)C(C)(C)C1=C/C(=C\c2ccc(-c3ccc(F)cc3)cc2)c2ccc(F)cc21. The molecular weight excluding hydrogens is 406 g/mol. The molecule has 0 saturated carbocycles. The number of benzene rings is 3. The lowest BCUT2D eigenvalue weighted by Gasteiger charge is -2.24. The molecule has 0 aromatic heterocycles. The second-order valence-electron chi connectivity index (χ2n) is 8.32. The van der Waals surface area contributed by atoms with E-state index in [9.17, 15) is 13.6 Å². The maximum absolute atomic E-state index is 14.1. The van der Waals surface area contributed by atoms with Gasteiger partial charge in [0.2, 0.25) is 0 Å². The fourth-order valence-electron chi connectivity index (χ4n) is 3.95. The number of carbonyl (C=O) groups excluding carboxylic acids is 1. The van der Waals surface area contributed by atoms with Crippen molar-refractivity contribution < 1.29 is 18.3 Å². The van der Waals surface area contributed by atoms with E-state index in [-0.39, 0.29) is 24.2 Å². The topological polar surface area (TPSA) is 26.3 Å². The predicted octanol–water partition coefficient (Wildman–Crippen LogP) is 7.16. The largest absolute Gasteiger partial charge is 0.465 e. The van der Waals surface area contributed by atoms with Crippen molar-refractivity contribution in [2.75, 3.05) is 6.61 Å². The first kappa shape index (κ1) is 21.7. The molecule has 3 aromatic rings. The molecule has 0 radical (unpaired) electrons. The zero-order valence-electron chi connectivity index (χ0n) is 18.3. The molecule has 162 valence electrons. The number of halogens is 2. The van der Waals surface area contributed by atoms with Gasteiger partial charge in [-0.05, 0) is 96.2 Å². The monoisotopic (exact) mass is 430 g/mol. The van der Waals surface area contributed by atoms with Crippen molar-refractivity contribution in [3.63, 3.8) is 0 Å². The molecule has 0 saturated heterocycles. The molecule has 0 unspecified atom stereocenters. The number of hydrogen-bond acceptors (Lipinski definition) is 2. The van der Waals surface area contributed by atoms with Crippen LogP contribution in [0.1, 0.15) is 37.5 Å². The van der Waals surface area contributed by atoms with Gasteiger partial charge in [0.05, 0.1) is 12.0 Å². The Morgan fingerprint density at radius 3 is 2.09 bits per heavy atom. The summed E-state index contributed by atoms with van der Waals surface area (Å²) in [6.45, 7) is 5.65. The van der Waals surface area contributed by atoms with Crippen molar-refractivity contribution in [2.24, 2.45) is 5.41 Å². The normalized spacial score (nSPS) is 14.3. The fraction of sp³-hybridized carbons (Fsp3) is 0.179. The van der Waals surface area contributed by atoms with Crippen molar-refractivity contribution in [1.82, 2.24) is 0 Å². The van der Waals surface area contributed by atoms with Crippen LogP contribution in [0.4, 0.5) is 8.78 Å². The van der Waals surface area contributed by atoms with E-state index in [1.807, 2.05) is 36.4 Å². The third kappa shape index (κ3) is 4.13. The van der Waals surface area contributed by atoms with Gasteiger partial charge < -0.3 is 4.74 Å². The van der Waals surface area contributed by atoms with Crippen LogP contribution in [-0.4, -0.2) is 12.6 Å². The second-order valence-corrected chi connectivity index (χ2v) is 8.32. The first-order valence-electron chi connectivity index (χ1n) is 10.6. The molecule has 0 aliphatic heterocycles. The summed E-state index contributed by atoms with van der Waals surface area (Å²) in [6, 6.07) is 18.9. The summed E-state index contributed by atoms with van der Waals surface area (Å²) in [5.74, 6) is -0.953. The highest BCUT2D eigenvalue weighted by atomic mass is 19.1. The third-order valence-corrected chi connectivity index (χ3v) is 5.75. The number of rotatable bonds is 5. The van der Waals surface area contributed by atoms with Gasteiger partial charge in [0, 0.05) is 0 Å². The summed E-state index contributed by atoms with van der Waals surface area (Å²) < 4.78 is 32.5. The molecule has 0 atom stereocenters. The van der Waals surface area contributed by atoms with Gasteiger partial charge in [-0.3, -0.25) is 4.79 Å². The van der Waals surface area contributed by atoms with Gasteiger partial charge in [-0.2, -0.15) is 0 Å². The van der Waals surface area contributed by atoms with E-state index < -0.39 is 5.41 Å². The van der Waals surface area contributed by atoms with Crippen molar-refractivity contribution in [3.05, 3.63) is 101 Å². The maximum atomic E-state index is 14.1. The van der Waals surface area contributed by atoms with E-state index in [1.165, 1.54) is 24.3 Å². The fourth-order valence-corrected chi connectivity index (χ4v) is 3.95. The van der Waals surface area contributed by atoms with Crippen LogP contribution in [0.3, 0.4) is 0 Å². The van der Waals surface area contributed by atoms with Gasteiger partial charge in [0.25, 0.3) is 0 Å². The Kier molecular flexibility index (Phi) is 5.79. The van der Waals surface area contributed by atoms with Crippen LogP contribution >= 0.6 is 0 Å². The zero-order chi connectivity index (χ0) is 22.9. The van der Waals surface area contributed by atoms with Crippen molar-refractivity contribution >= 4 is 23.2 Å². The lowest BCUT2D eigenvalue weighted by atomic mass is 9.81. The van der Waals surface area contributed by atoms with E-state index in [0.717, 1.165) is 33.4 Å². The first-order valence-corrected chi connectivity index (χ1v) is 10.6. The van der Waals surface area contributed by atoms with Crippen LogP contribution in [0.15, 0.2) is 72.8 Å². The highest BCUT2D eigenvalue weighted by Gasteiger charge is 2.38. The summed E-state index contributed by atoms with van der Waals surface area (Å²) in [5.41, 5.74) is 5.19. The molecule has 1 aliphatic carbocycles. The van der Waals surface area contributed by atoms with Gasteiger partial charge in [-0.25, -0.2) is 8.78 Å². The summed E-state index contributed by atoms with van der Waals surface area (Å²) in [4.78, 5) is 12.6. The van der Waals surface area contributed by atoms with Gasteiger partial charge in [0.15, 0.2) is 0 Å². The highest BCUT2D eigenvalue weighted by molar-refractivity contribution is 6.07. The number of esters is 1. The van der Waals surface area contributed by atoms with E-state index >= 15 is 0 Å². The van der Waals surface area contributed by atoms with Crippen LogP contribution in [0.5, 0.6) is 0 Å². The second kappa shape index (κ2) is 8.54. The third-order valence-electron chi connectivity index (χ3n) is 5.75. The average Bonchev–Trinajstić information content (AvgIpc) is 3.13. The Hall–Kier alpha value is -3.53. The molecule has 1 aliphatic rings. The molecule has 32 heavy (non-hydrogen) atoms. The van der Waals surface area contributed by atoms with Crippen molar-refractivity contribution in [1.29, 1.82) is 0 Å². The zero-order valence-corrected chi connectivity index (χ0v) is 18.3. The van der Waals surface area contributed by atoms with Crippen LogP contribution in [0.25, 0.3) is 28.3 Å². The summed E-state index contributed by atoms with van der Waals surface area (Å²) in [7, 11) is 0. The van der Waals surface area contributed by atoms with Gasteiger partial charge in [-0.1, -0.05) is 42.5 Å². The Labute approximate surface area is 186 Å². The lowest BCUT2D eigenvalue weighted by Crippen LogP contribution is -2.27. The summed E-state index contributed by atoms with van der Waals surface area (Å²) >= 11 is 0. The van der Waals surface area contributed by atoms with Crippen molar-refractivity contribution in [2.45, 2.75) is 20.8 Å². The lowest BCUT2D eigenvalue weighted by molar-refractivity contribution is -0.150. The smallest absolute Gasteiger partial charge is 0.315 e. The maximum Gasteiger partial charge on any atom is 0.315 e. The number of carbonyl (C=O) groups is 1. The Balaban J connectivity index is 1.72. The van der Waals surface area contributed by atoms with Crippen LogP contribution in [0.2, 0.25) is 0 Å². The standard InChI is InChI=1S/C28H24F2O2/c1-4-32-27(31)28(2,3)26-16-21(24-14-13-23(30)17-25(24)26)15-18-5-7-19(8-6-18)20-9-11-22(29)12-10-20/h5-17H,4H2,1-3H3/b21-15+. The molecule has 4 heteroatoms. The number of hydrogen-bond donors (Lipinski definition) is 0. The molecular formula is C28H24F2O2. The number of allylic oxidation sites excluding steroid dienone is 2. The van der Waals surface area contributed by atoms with Crippen LogP contribution in [0, 0.1) is 17.0 Å². The molecule has 0 amide bonds. The van der Waals surface area contributed by atoms with E-state index in [1.54, 1.807) is 39.0 Å². The van der Waals surface area contributed by atoms with Crippen LogP contribution in [-0.2, 0) is 9.53 Å². The number of ether oxygens (including phenoxy) is 1. The summed E-state index contributed by atoms with van der Waals surface area (Å²) in [6.07, 6.45) is 3.95. The van der Waals surface area contributed by atoms with Gasteiger partial charge in [-0.15, -0.1) is 0 Å². The van der Waals surface area contributed by atoms with Gasteiger partial charge in [0.1, 0.15) is 11.6 Å². The van der Waals surface area contributed by atoms with Gasteiger partial charge >= 0.3 is 5.97 Å². The summed E-state index contributed by atoms with van der Waals surface area (Å²) in [5, 5.41) is 0. The minimum atomic E-state index is -0.916. The average molecular weight is 430 g/mol. The van der Waals surface area contributed by atoms with Crippen molar-refractivity contribution in [3.8, 4) is 11.1 Å². The molecule has 3 aromatic carbocycles. The minimum Gasteiger partial charge on any atom is -0.465 e. The molecule has 0 bridgehead atoms. The van der Waals surface area contributed by atoms with E-state index in [0.29, 0.717) is 5.56 Å². The quantitative estimate of drug-likeness (QED) is 0.402. The Morgan fingerprint density at radius 2 is 1.47 bits per heavy atom. The molecule has 2 nitrogen and oxygen atoms in total. The number of fused-ring (bicyclic) bond motifs is 1. The van der Waals surface area contributed by atoms with E-state index in [2.05, 4.69) is 0 Å². The molecule has 0 spiro atoms. The first-order chi connectivity index (χ1) is 15.3. The molecule has 4 rings (SSSR count). The molecule has 0 heterocycles. The molecule has 0 N–H and O–H groups in total. The molecule has 0 fully saturated rings. The van der Waals surface area contributed by atoms with Crippen LogP contribution < -0.4 is 0 Å².